The predicted octanol–water partition coefficient (Wildman–Crippen LogP) is 4.38. The Labute approximate surface area is 148 Å². The van der Waals surface area contributed by atoms with Crippen LogP contribution in [0.5, 0.6) is 11.5 Å². The smallest absolute Gasteiger partial charge is 0.322 e. The SMILES string of the molecule is COc1ccc(NC(=O)N2CCC[C@@H]2c2cccc(C)c2)cc1OC. The maximum Gasteiger partial charge on any atom is 0.322 e. The largest absolute Gasteiger partial charge is 0.493 e. The summed E-state index contributed by atoms with van der Waals surface area (Å²) in [6.07, 6.45) is 2.00. The predicted molar refractivity (Wildman–Crippen MR) is 98.4 cm³/mol. The van der Waals surface area contributed by atoms with Crippen molar-refractivity contribution in [3.63, 3.8) is 0 Å². The van der Waals surface area contributed by atoms with Crippen LogP contribution in [0.1, 0.15) is 30.0 Å². The maximum absolute atomic E-state index is 12.8. The summed E-state index contributed by atoms with van der Waals surface area (Å²) in [4.78, 5) is 14.7. The molecule has 0 aromatic heterocycles. The number of benzene rings is 2. The Morgan fingerprint density at radius 3 is 2.64 bits per heavy atom. The third-order valence-corrected chi connectivity index (χ3v) is 4.58. The first kappa shape index (κ1) is 17.1. The van der Waals surface area contributed by atoms with Crippen LogP contribution in [0.2, 0.25) is 0 Å². The molecular weight excluding hydrogens is 316 g/mol. The zero-order chi connectivity index (χ0) is 17.8. The van der Waals surface area contributed by atoms with E-state index in [2.05, 4.69) is 30.4 Å². The van der Waals surface area contributed by atoms with Crippen LogP contribution in [0, 0.1) is 6.92 Å². The average Bonchev–Trinajstić information content (AvgIpc) is 3.11. The van der Waals surface area contributed by atoms with Crippen LogP contribution >= 0.6 is 0 Å². The van der Waals surface area contributed by atoms with Gasteiger partial charge in [0.05, 0.1) is 20.3 Å². The number of ether oxygens (including phenoxy) is 2. The summed E-state index contributed by atoms with van der Waals surface area (Å²) in [5.41, 5.74) is 3.10. The number of likely N-dealkylation sites (tertiary alicyclic amines) is 1. The summed E-state index contributed by atoms with van der Waals surface area (Å²) in [5.74, 6) is 1.23. The number of rotatable bonds is 4. The lowest BCUT2D eigenvalue weighted by molar-refractivity contribution is 0.207. The number of nitrogens with zero attached hydrogens (tertiary/aromatic N) is 1. The van der Waals surface area contributed by atoms with E-state index in [4.69, 9.17) is 9.47 Å². The molecule has 1 heterocycles. The summed E-state index contributed by atoms with van der Waals surface area (Å²) < 4.78 is 10.5. The molecule has 0 spiro atoms. The molecule has 0 bridgehead atoms. The molecule has 1 fully saturated rings. The van der Waals surface area contributed by atoms with Gasteiger partial charge in [0.2, 0.25) is 0 Å². The normalized spacial score (nSPS) is 16.6. The Balaban J connectivity index is 1.76. The van der Waals surface area contributed by atoms with Crippen LogP contribution in [0.3, 0.4) is 0 Å². The summed E-state index contributed by atoms with van der Waals surface area (Å²) in [6.45, 7) is 2.84. The molecule has 0 unspecified atom stereocenters. The van der Waals surface area contributed by atoms with Crippen molar-refractivity contribution < 1.29 is 14.3 Å². The van der Waals surface area contributed by atoms with E-state index in [9.17, 15) is 4.79 Å². The van der Waals surface area contributed by atoms with Gasteiger partial charge in [-0.05, 0) is 37.5 Å². The molecule has 132 valence electrons. The lowest BCUT2D eigenvalue weighted by Gasteiger charge is -2.25. The number of amides is 2. The Morgan fingerprint density at radius 1 is 1.12 bits per heavy atom. The van der Waals surface area contributed by atoms with Gasteiger partial charge in [-0.25, -0.2) is 4.79 Å². The number of nitrogens with one attached hydrogen (secondary N) is 1. The highest BCUT2D eigenvalue weighted by atomic mass is 16.5. The maximum atomic E-state index is 12.8. The minimum Gasteiger partial charge on any atom is -0.493 e. The minimum atomic E-state index is -0.0868. The first-order valence-electron chi connectivity index (χ1n) is 8.48. The zero-order valence-electron chi connectivity index (χ0n) is 14.9. The van der Waals surface area contributed by atoms with Gasteiger partial charge in [0.15, 0.2) is 11.5 Å². The molecule has 1 aliphatic rings. The first-order chi connectivity index (χ1) is 12.1. The van der Waals surface area contributed by atoms with E-state index >= 15 is 0 Å². The quantitative estimate of drug-likeness (QED) is 0.898. The van der Waals surface area contributed by atoms with Gasteiger partial charge in [-0.2, -0.15) is 0 Å². The van der Waals surface area contributed by atoms with Crippen molar-refractivity contribution in [1.29, 1.82) is 0 Å². The van der Waals surface area contributed by atoms with Gasteiger partial charge >= 0.3 is 6.03 Å². The molecule has 2 aromatic rings. The fourth-order valence-corrected chi connectivity index (χ4v) is 3.34. The minimum absolute atomic E-state index is 0.0868. The van der Waals surface area contributed by atoms with Gasteiger partial charge in [0.25, 0.3) is 0 Å². The van der Waals surface area contributed by atoms with Crippen molar-refractivity contribution >= 4 is 11.7 Å². The Morgan fingerprint density at radius 2 is 1.92 bits per heavy atom. The van der Waals surface area contributed by atoms with E-state index in [1.165, 1.54) is 11.1 Å². The molecule has 1 aliphatic heterocycles. The summed E-state index contributed by atoms with van der Waals surface area (Å²) >= 11 is 0. The molecule has 0 radical (unpaired) electrons. The first-order valence-corrected chi connectivity index (χ1v) is 8.48. The lowest BCUT2D eigenvalue weighted by Crippen LogP contribution is -2.34. The number of hydrogen-bond acceptors (Lipinski definition) is 3. The highest BCUT2D eigenvalue weighted by Gasteiger charge is 2.30. The second-order valence-corrected chi connectivity index (χ2v) is 6.27. The van der Waals surface area contributed by atoms with Gasteiger partial charge in [0, 0.05) is 18.3 Å². The van der Waals surface area contributed by atoms with Crippen LogP contribution in [0.25, 0.3) is 0 Å². The van der Waals surface area contributed by atoms with Crippen LogP contribution in [0.4, 0.5) is 10.5 Å². The number of carbonyl (C=O) groups excluding carboxylic acids is 1. The van der Waals surface area contributed by atoms with Crippen molar-refractivity contribution in [3.8, 4) is 11.5 Å². The standard InChI is InChI=1S/C20H24N2O3/c1-14-6-4-7-15(12-14)17-8-5-11-22(17)20(23)21-16-9-10-18(24-2)19(13-16)25-3/h4,6-7,9-10,12-13,17H,5,8,11H2,1-3H3,(H,21,23)/t17-/m1/s1. The van der Waals surface area contributed by atoms with E-state index in [0.717, 1.165) is 19.4 Å². The Kier molecular flexibility index (Phi) is 5.12. The summed E-state index contributed by atoms with van der Waals surface area (Å²) in [6, 6.07) is 13.8. The van der Waals surface area contributed by atoms with Crippen molar-refractivity contribution in [2.75, 3.05) is 26.1 Å². The van der Waals surface area contributed by atoms with Crippen LogP contribution in [-0.2, 0) is 0 Å². The third kappa shape index (κ3) is 3.71. The molecule has 3 rings (SSSR count). The number of hydrogen-bond donors (Lipinski definition) is 1. The number of anilines is 1. The molecule has 1 atom stereocenters. The molecule has 5 nitrogen and oxygen atoms in total. The molecule has 5 heteroatoms. The van der Waals surface area contributed by atoms with Crippen LogP contribution in [0.15, 0.2) is 42.5 Å². The molecule has 0 saturated carbocycles. The van der Waals surface area contributed by atoms with Crippen molar-refractivity contribution in [2.24, 2.45) is 0 Å². The Hall–Kier alpha value is -2.69. The van der Waals surface area contributed by atoms with Crippen LogP contribution < -0.4 is 14.8 Å². The second-order valence-electron chi connectivity index (χ2n) is 6.27. The fraction of sp³-hybridized carbons (Fsp3) is 0.350. The molecule has 2 aromatic carbocycles. The molecular formula is C20H24N2O3. The summed E-state index contributed by atoms with van der Waals surface area (Å²) in [7, 11) is 3.17. The second kappa shape index (κ2) is 7.47. The highest BCUT2D eigenvalue weighted by molar-refractivity contribution is 5.90. The topological polar surface area (TPSA) is 50.8 Å². The fourth-order valence-electron chi connectivity index (χ4n) is 3.34. The molecule has 1 N–H and O–H groups in total. The van der Waals surface area contributed by atoms with E-state index in [-0.39, 0.29) is 12.1 Å². The van der Waals surface area contributed by atoms with E-state index in [0.29, 0.717) is 17.2 Å². The average molecular weight is 340 g/mol. The lowest BCUT2D eigenvalue weighted by atomic mass is 10.0. The monoisotopic (exact) mass is 340 g/mol. The molecule has 1 saturated heterocycles. The molecule has 25 heavy (non-hydrogen) atoms. The number of aryl methyl sites for hydroxylation is 1. The van der Waals surface area contributed by atoms with Crippen molar-refractivity contribution in [1.82, 2.24) is 4.90 Å². The van der Waals surface area contributed by atoms with E-state index in [1.807, 2.05) is 17.0 Å². The Bertz CT molecular complexity index is 760. The summed E-state index contributed by atoms with van der Waals surface area (Å²) in [5, 5.41) is 2.98. The van der Waals surface area contributed by atoms with Crippen LogP contribution in [-0.4, -0.2) is 31.7 Å². The van der Waals surface area contributed by atoms with Gasteiger partial charge in [-0.15, -0.1) is 0 Å². The van der Waals surface area contributed by atoms with Gasteiger partial charge in [-0.3, -0.25) is 0 Å². The van der Waals surface area contributed by atoms with Gasteiger partial charge in [-0.1, -0.05) is 29.8 Å². The third-order valence-electron chi connectivity index (χ3n) is 4.58. The molecule has 2 amide bonds. The van der Waals surface area contributed by atoms with Crippen molar-refractivity contribution in [3.05, 3.63) is 53.6 Å². The van der Waals surface area contributed by atoms with Gasteiger partial charge < -0.3 is 19.7 Å². The van der Waals surface area contributed by atoms with E-state index < -0.39 is 0 Å². The van der Waals surface area contributed by atoms with Crippen molar-refractivity contribution in [2.45, 2.75) is 25.8 Å². The number of carbonyl (C=O) groups is 1. The zero-order valence-corrected chi connectivity index (χ0v) is 14.9. The number of methoxy groups -OCH3 is 2. The van der Waals surface area contributed by atoms with E-state index in [1.54, 1.807) is 26.4 Å². The molecule has 0 aliphatic carbocycles. The highest BCUT2D eigenvalue weighted by Crippen LogP contribution is 2.34. The van der Waals surface area contributed by atoms with Gasteiger partial charge in [0.1, 0.15) is 0 Å². The number of urea groups is 1.